The van der Waals surface area contributed by atoms with E-state index in [0.717, 1.165) is 48.3 Å². The second-order valence-electron chi connectivity index (χ2n) is 8.65. The van der Waals surface area contributed by atoms with Gasteiger partial charge in [-0.2, -0.15) is 4.98 Å². The molecule has 1 fully saturated rings. The molecular weight excluding hydrogens is 451 g/mol. The Labute approximate surface area is 203 Å². The van der Waals surface area contributed by atoms with E-state index < -0.39 is 0 Å². The van der Waals surface area contributed by atoms with Gasteiger partial charge in [0.25, 0.3) is 5.89 Å². The predicted molar refractivity (Wildman–Crippen MR) is 132 cm³/mol. The standard InChI is InChI=1S/C26H27FN4O2S/c1-3-17-6-8-19(9-7-17)24-29-25(33-30-24)22-16(2)31(15-21-5-4-14-32-21)26(34)28-23(22)18-10-12-20(27)13-11-18/h6-13,21,23H,3-5,14-15H2,1-2H3,(H,28,34). The lowest BCUT2D eigenvalue weighted by molar-refractivity contribution is 0.0962. The van der Waals surface area contributed by atoms with Gasteiger partial charge in [-0.25, -0.2) is 4.39 Å². The molecule has 2 atom stereocenters. The van der Waals surface area contributed by atoms with E-state index in [4.69, 9.17) is 26.5 Å². The minimum atomic E-state index is -0.343. The van der Waals surface area contributed by atoms with Crippen molar-refractivity contribution in [1.82, 2.24) is 20.4 Å². The van der Waals surface area contributed by atoms with E-state index in [2.05, 4.69) is 29.5 Å². The molecule has 1 saturated heterocycles. The van der Waals surface area contributed by atoms with Crippen molar-refractivity contribution >= 4 is 22.9 Å². The van der Waals surface area contributed by atoms with Crippen LogP contribution in [-0.4, -0.2) is 39.4 Å². The first-order chi connectivity index (χ1) is 16.5. The fourth-order valence-corrected chi connectivity index (χ4v) is 4.84. The largest absolute Gasteiger partial charge is 0.376 e. The van der Waals surface area contributed by atoms with Gasteiger partial charge in [0.1, 0.15) is 5.82 Å². The summed E-state index contributed by atoms with van der Waals surface area (Å²) in [5.74, 6) is 0.642. The number of hydrogen-bond acceptors (Lipinski definition) is 5. The van der Waals surface area contributed by atoms with E-state index in [-0.39, 0.29) is 18.0 Å². The van der Waals surface area contributed by atoms with Gasteiger partial charge in [0.15, 0.2) is 5.11 Å². The molecule has 2 unspecified atom stereocenters. The van der Waals surface area contributed by atoms with Crippen molar-refractivity contribution in [3.8, 4) is 11.4 Å². The molecule has 0 saturated carbocycles. The molecule has 5 rings (SSSR count). The number of benzene rings is 2. The maximum Gasteiger partial charge on any atom is 0.258 e. The summed E-state index contributed by atoms with van der Waals surface area (Å²) in [7, 11) is 0. The average molecular weight is 479 g/mol. The van der Waals surface area contributed by atoms with Crippen LogP contribution in [0.4, 0.5) is 4.39 Å². The number of aromatic nitrogens is 2. The predicted octanol–water partition coefficient (Wildman–Crippen LogP) is 5.28. The Morgan fingerprint density at radius 2 is 1.91 bits per heavy atom. The number of aryl methyl sites for hydroxylation is 1. The van der Waals surface area contributed by atoms with E-state index >= 15 is 0 Å². The van der Waals surface area contributed by atoms with Crippen LogP contribution in [0.2, 0.25) is 0 Å². The zero-order valence-corrected chi connectivity index (χ0v) is 20.1. The van der Waals surface area contributed by atoms with Gasteiger partial charge in [0, 0.05) is 17.9 Å². The van der Waals surface area contributed by atoms with Gasteiger partial charge in [-0.3, -0.25) is 0 Å². The SMILES string of the molecule is CCc1ccc(-c2noc(C3=C(C)N(CC4CCCO4)C(=S)NC3c3ccc(F)cc3)n2)cc1. The van der Waals surface area contributed by atoms with Gasteiger partial charge in [-0.1, -0.05) is 48.5 Å². The third kappa shape index (κ3) is 4.48. The zero-order chi connectivity index (χ0) is 23.7. The first kappa shape index (κ1) is 22.7. The Morgan fingerprint density at radius 1 is 1.15 bits per heavy atom. The second kappa shape index (κ2) is 9.64. The number of thiocarbonyl (C=S) groups is 1. The summed E-state index contributed by atoms with van der Waals surface area (Å²) in [6.45, 7) is 5.55. The van der Waals surface area contributed by atoms with Crippen LogP contribution in [0, 0.1) is 5.82 Å². The van der Waals surface area contributed by atoms with Crippen molar-refractivity contribution in [1.29, 1.82) is 0 Å². The van der Waals surface area contributed by atoms with Gasteiger partial charge in [-0.05, 0) is 61.7 Å². The van der Waals surface area contributed by atoms with Gasteiger partial charge in [0.2, 0.25) is 5.82 Å². The molecule has 2 aliphatic rings. The Kier molecular flexibility index (Phi) is 6.43. The average Bonchev–Trinajstić information content (AvgIpc) is 3.54. The van der Waals surface area contributed by atoms with Crippen molar-refractivity contribution in [2.45, 2.75) is 45.3 Å². The Bertz CT molecular complexity index is 1200. The molecule has 34 heavy (non-hydrogen) atoms. The number of hydrogen-bond donors (Lipinski definition) is 1. The van der Waals surface area contributed by atoms with Gasteiger partial charge in [0.05, 0.1) is 24.3 Å². The molecule has 1 aromatic heterocycles. The van der Waals surface area contributed by atoms with Gasteiger partial charge >= 0.3 is 0 Å². The van der Waals surface area contributed by atoms with Crippen LogP contribution < -0.4 is 5.32 Å². The number of nitrogens with zero attached hydrogens (tertiary/aromatic N) is 3. The van der Waals surface area contributed by atoms with Gasteiger partial charge < -0.3 is 19.5 Å². The van der Waals surface area contributed by atoms with E-state index in [1.807, 2.05) is 24.0 Å². The van der Waals surface area contributed by atoms with Crippen molar-refractivity contribution < 1.29 is 13.7 Å². The third-order valence-electron chi connectivity index (χ3n) is 6.49. The molecule has 0 aliphatic carbocycles. The highest BCUT2D eigenvalue weighted by Gasteiger charge is 2.35. The number of nitrogens with one attached hydrogen (secondary N) is 1. The highest BCUT2D eigenvalue weighted by Crippen LogP contribution is 2.38. The maximum absolute atomic E-state index is 13.6. The summed E-state index contributed by atoms with van der Waals surface area (Å²) in [6, 6.07) is 14.2. The first-order valence-electron chi connectivity index (χ1n) is 11.6. The lowest BCUT2D eigenvalue weighted by Crippen LogP contribution is -2.48. The minimum absolute atomic E-state index is 0.119. The third-order valence-corrected chi connectivity index (χ3v) is 6.82. The van der Waals surface area contributed by atoms with Crippen LogP contribution in [0.15, 0.2) is 58.8 Å². The molecule has 0 radical (unpaired) electrons. The van der Waals surface area contributed by atoms with Crippen molar-refractivity contribution in [2.24, 2.45) is 0 Å². The van der Waals surface area contributed by atoms with Crippen molar-refractivity contribution in [2.75, 3.05) is 13.2 Å². The molecule has 1 N–H and O–H groups in total. The van der Waals surface area contributed by atoms with E-state index in [0.29, 0.717) is 23.4 Å². The summed E-state index contributed by atoms with van der Waals surface area (Å²) < 4.78 is 25.3. The molecule has 176 valence electrons. The molecule has 3 heterocycles. The number of rotatable bonds is 6. The molecule has 0 amide bonds. The van der Waals surface area contributed by atoms with Crippen LogP contribution in [0.25, 0.3) is 17.0 Å². The van der Waals surface area contributed by atoms with Crippen molar-refractivity contribution in [3.63, 3.8) is 0 Å². The molecule has 0 bridgehead atoms. The van der Waals surface area contributed by atoms with Crippen molar-refractivity contribution in [3.05, 3.63) is 77.1 Å². The van der Waals surface area contributed by atoms with Crippen LogP contribution >= 0.6 is 12.2 Å². The van der Waals surface area contributed by atoms with Crippen LogP contribution in [0.3, 0.4) is 0 Å². The van der Waals surface area contributed by atoms with Crippen LogP contribution in [0.1, 0.15) is 49.7 Å². The molecule has 8 heteroatoms. The number of halogens is 1. The highest BCUT2D eigenvalue weighted by molar-refractivity contribution is 7.80. The molecule has 2 aliphatic heterocycles. The van der Waals surface area contributed by atoms with Crippen LogP contribution in [-0.2, 0) is 11.2 Å². The fraction of sp³-hybridized carbons (Fsp3) is 0.346. The Hall–Kier alpha value is -3.10. The monoisotopic (exact) mass is 478 g/mol. The summed E-state index contributed by atoms with van der Waals surface area (Å²) in [5.41, 5.74) is 4.74. The normalized spacial score (nSPS) is 20.7. The van der Waals surface area contributed by atoms with Crippen LogP contribution in [0.5, 0.6) is 0 Å². The Morgan fingerprint density at radius 3 is 2.59 bits per heavy atom. The van der Waals surface area contributed by atoms with Gasteiger partial charge in [-0.15, -0.1) is 0 Å². The molecular formula is C26H27FN4O2S. The maximum atomic E-state index is 13.6. The molecule has 3 aromatic rings. The minimum Gasteiger partial charge on any atom is -0.376 e. The van der Waals surface area contributed by atoms with E-state index in [9.17, 15) is 4.39 Å². The topological polar surface area (TPSA) is 63.4 Å². The molecule has 2 aromatic carbocycles. The smallest absolute Gasteiger partial charge is 0.258 e. The number of ether oxygens (including phenoxy) is 1. The highest BCUT2D eigenvalue weighted by atomic mass is 32.1. The summed E-state index contributed by atoms with van der Waals surface area (Å²) >= 11 is 5.73. The zero-order valence-electron chi connectivity index (χ0n) is 19.3. The lowest BCUT2D eigenvalue weighted by Gasteiger charge is -2.38. The molecule has 0 spiro atoms. The molecule has 6 nitrogen and oxygen atoms in total. The number of allylic oxidation sites excluding steroid dienone is 1. The Balaban J connectivity index is 1.55. The first-order valence-corrected chi connectivity index (χ1v) is 12.0. The lowest BCUT2D eigenvalue weighted by atomic mass is 9.94. The quantitative estimate of drug-likeness (QED) is 0.484. The fourth-order valence-electron chi connectivity index (χ4n) is 4.52. The second-order valence-corrected chi connectivity index (χ2v) is 9.04. The summed E-state index contributed by atoms with van der Waals surface area (Å²) in [5, 5.41) is 8.27. The summed E-state index contributed by atoms with van der Waals surface area (Å²) in [4.78, 5) is 6.79. The summed E-state index contributed by atoms with van der Waals surface area (Å²) in [6.07, 6.45) is 3.14. The van der Waals surface area contributed by atoms with E-state index in [1.165, 1.54) is 17.7 Å². The van der Waals surface area contributed by atoms with E-state index in [1.54, 1.807) is 12.1 Å².